The molecule has 0 fully saturated rings. The molecule has 0 aliphatic heterocycles. The van der Waals surface area contributed by atoms with E-state index in [0.29, 0.717) is 6.54 Å². The van der Waals surface area contributed by atoms with Crippen LogP contribution in [0.15, 0.2) is 10.7 Å². The van der Waals surface area contributed by atoms with Gasteiger partial charge in [-0.15, -0.1) is 0 Å². The Kier molecular flexibility index (Phi) is 5.44. The first-order valence-corrected chi connectivity index (χ1v) is 8.26. The Morgan fingerprint density at radius 3 is 2.50 bits per heavy atom. The molecule has 8 nitrogen and oxygen atoms in total. The third-order valence-electron chi connectivity index (χ3n) is 3.72. The number of aryl methyl sites for hydroxylation is 1. The van der Waals surface area contributed by atoms with Crippen LogP contribution in [0.5, 0.6) is 0 Å². The molecule has 0 spiro atoms. The van der Waals surface area contributed by atoms with E-state index in [0.717, 1.165) is 4.68 Å². The molecular formula is C14H16BrF3N6O2. The number of rotatable bonds is 5. The van der Waals surface area contributed by atoms with E-state index in [1.165, 1.54) is 24.7 Å². The zero-order valence-electron chi connectivity index (χ0n) is 14.1. The fourth-order valence-corrected chi connectivity index (χ4v) is 2.87. The van der Waals surface area contributed by atoms with Crippen LogP contribution in [-0.4, -0.2) is 31.4 Å². The summed E-state index contributed by atoms with van der Waals surface area (Å²) in [5.74, 6) is -1.46. The molecule has 3 N–H and O–H groups in total. The van der Waals surface area contributed by atoms with Gasteiger partial charge in [0.15, 0.2) is 5.69 Å². The first-order chi connectivity index (χ1) is 12.0. The summed E-state index contributed by atoms with van der Waals surface area (Å²) in [7, 11) is 0. The van der Waals surface area contributed by atoms with Crippen molar-refractivity contribution < 1.29 is 22.8 Å². The van der Waals surface area contributed by atoms with Gasteiger partial charge in [0.1, 0.15) is 11.7 Å². The fraction of sp³-hybridized carbons (Fsp3) is 0.429. The molecule has 0 saturated heterocycles. The lowest BCUT2D eigenvalue weighted by molar-refractivity contribution is -0.142. The molecule has 1 atom stereocenters. The summed E-state index contributed by atoms with van der Waals surface area (Å²) in [6, 6.07) is -1.08. The molecule has 26 heavy (non-hydrogen) atoms. The van der Waals surface area contributed by atoms with E-state index in [9.17, 15) is 22.8 Å². The van der Waals surface area contributed by atoms with Gasteiger partial charge in [-0.2, -0.15) is 23.4 Å². The van der Waals surface area contributed by atoms with Crippen molar-refractivity contribution in [2.75, 3.05) is 5.32 Å². The minimum Gasteiger partial charge on any atom is -0.364 e. The highest BCUT2D eigenvalue weighted by Gasteiger charge is 2.39. The quantitative estimate of drug-likeness (QED) is 0.750. The summed E-state index contributed by atoms with van der Waals surface area (Å²) in [5.41, 5.74) is 4.39. The highest BCUT2D eigenvalue weighted by Crippen LogP contribution is 2.36. The maximum absolute atomic E-state index is 13.0. The maximum atomic E-state index is 13.0. The number of alkyl halides is 3. The van der Waals surface area contributed by atoms with Crippen LogP contribution >= 0.6 is 15.9 Å². The Balaban J connectivity index is 2.32. The van der Waals surface area contributed by atoms with Gasteiger partial charge in [-0.05, 0) is 36.7 Å². The van der Waals surface area contributed by atoms with Crippen molar-refractivity contribution in [3.63, 3.8) is 0 Å². The summed E-state index contributed by atoms with van der Waals surface area (Å²) in [5, 5.41) is 9.88. The molecule has 2 heterocycles. The van der Waals surface area contributed by atoms with Gasteiger partial charge in [-0.3, -0.25) is 19.0 Å². The molecule has 142 valence electrons. The van der Waals surface area contributed by atoms with Crippen molar-refractivity contribution in [3.05, 3.63) is 27.8 Å². The van der Waals surface area contributed by atoms with E-state index in [-0.39, 0.29) is 21.5 Å². The summed E-state index contributed by atoms with van der Waals surface area (Å²) in [6.45, 7) is 4.87. The van der Waals surface area contributed by atoms with E-state index in [2.05, 4.69) is 31.4 Å². The SMILES string of the molecule is CCn1ncc(NC(=O)[C@@H](C)n2nc(C(F)(F)F)c(Br)c2C)c1C(N)=O. The number of carbonyl (C=O) groups is 2. The molecule has 2 amide bonds. The van der Waals surface area contributed by atoms with Crippen LogP contribution < -0.4 is 11.1 Å². The normalized spacial score (nSPS) is 12.9. The number of aromatic nitrogens is 4. The van der Waals surface area contributed by atoms with E-state index >= 15 is 0 Å². The van der Waals surface area contributed by atoms with Crippen LogP contribution in [0.25, 0.3) is 0 Å². The van der Waals surface area contributed by atoms with E-state index in [4.69, 9.17) is 5.73 Å². The second kappa shape index (κ2) is 7.09. The van der Waals surface area contributed by atoms with Crippen molar-refractivity contribution in [3.8, 4) is 0 Å². The second-order valence-electron chi connectivity index (χ2n) is 5.44. The van der Waals surface area contributed by atoms with Crippen molar-refractivity contribution >= 4 is 33.4 Å². The Labute approximate surface area is 154 Å². The first kappa shape index (κ1) is 19.9. The zero-order valence-corrected chi connectivity index (χ0v) is 15.6. The molecular weight excluding hydrogens is 421 g/mol. The number of nitrogens with zero attached hydrogens (tertiary/aromatic N) is 4. The Bertz CT molecular complexity index is 858. The van der Waals surface area contributed by atoms with Gasteiger partial charge >= 0.3 is 6.18 Å². The van der Waals surface area contributed by atoms with Crippen molar-refractivity contribution in [2.24, 2.45) is 5.73 Å². The molecule has 0 saturated carbocycles. The lowest BCUT2D eigenvalue weighted by Gasteiger charge is -2.14. The van der Waals surface area contributed by atoms with Crippen LogP contribution in [0, 0.1) is 6.92 Å². The first-order valence-electron chi connectivity index (χ1n) is 7.47. The Hall–Kier alpha value is -2.37. The summed E-state index contributed by atoms with van der Waals surface area (Å²) < 4.78 is 40.9. The monoisotopic (exact) mass is 436 g/mol. The molecule has 2 aromatic rings. The molecule has 2 rings (SSSR count). The van der Waals surface area contributed by atoms with Crippen LogP contribution in [0.2, 0.25) is 0 Å². The van der Waals surface area contributed by atoms with Gasteiger partial charge < -0.3 is 11.1 Å². The van der Waals surface area contributed by atoms with E-state index in [1.807, 2.05) is 0 Å². The van der Waals surface area contributed by atoms with Gasteiger partial charge in [0.25, 0.3) is 5.91 Å². The largest absolute Gasteiger partial charge is 0.436 e. The number of hydrogen-bond donors (Lipinski definition) is 2. The van der Waals surface area contributed by atoms with Gasteiger partial charge in [0.2, 0.25) is 5.91 Å². The van der Waals surface area contributed by atoms with Gasteiger partial charge in [-0.1, -0.05) is 0 Å². The third kappa shape index (κ3) is 3.59. The summed E-state index contributed by atoms with van der Waals surface area (Å²) in [4.78, 5) is 24.0. The third-order valence-corrected chi connectivity index (χ3v) is 4.67. The predicted octanol–water partition coefficient (Wildman–Crippen LogP) is 2.49. The highest BCUT2D eigenvalue weighted by molar-refractivity contribution is 9.10. The number of halogens is 4. The molecule has 0 aromatic carbocycles. The lowest BCUT2D eigenvalue weighted by Crippen LogP contribution is -2.27. The number of primary amides is 1. The molecule has 0 bridgehead atoms. The van der Waals surface area contributed by atoms with E-state index < -0.39 is 29.7 Å². The average Bonchev–Trinajstić information content (AvgIpc) is 3.08. The van der Waals surface area contributed by atoms with Gasteiger partial charge in [0.05, 0.1) is 22.1 Å². The van der Waals surface area contributed by atoms with Gasteiger partial charge in [0, 0.05) is 6.54 Å². The Morgan fingerprint density at radius 1 is 1.42 bits per heavy atom. The molecule has 0 radical (unpaired) electrons. The number of hydrogen-bond acceptors (Lipinski definition) is 4. The van der Waals surface area contributed by atoms with Crippen molar-refractivity contribution in [1.29, 1.82) is 0 Å². The maximum Gasteiger partial charge on any atom is 0.436 e. The van der Waals surface area contributed by atoms with Crippen LogP contribution in [0.1, 0.15) is 41.8 Å². The average molecular weight is 437 g/mol. The summed E-state index contributed by atoms with van der Waals surface area (Å²) in [6.07, 6.45) is -3.41. The fourth-order valence-electron chi connectivity index (χ4n) is 2.38. The number of nitrogens with one attached hydrogen (secondary N) is 1. The standard InChI is InChI=1S/C14H16BrF3N6O2/c1-4-23-10(12(19)25)8(5-20-23)21-13(26)7(3)24-6(2)9(15)11(22-24)14(16,17)18/h5,7H,4H2,1-3H3,(H2,19,25)(H,21,26)/t7-/m1/s1. The molecule has 12 heteroatoms. The lowest BCUT2D eigenvalue weighted by atomic mass is 10.2. The number of amides is 2. The predicted molar refractivity (Wildman–Crippen MR) is 89.4 cm³/mol. The highest BCUT2D eigenvalue weighted by atomic mass is 79.9. The van der Waals surface area contributed by atoms with Crippen LogP contribution in [0.4, 0.5) is 18.9 Å². The number of anilines is 1. The van der Waals surface area contributed by atoms with Crippen molar-refractivity contribution in [2.45, 2.75) is 39.5 Å². The second-order valence-corrected chi connectivity index (χ2v) is 6.24. The van der Waals surface area contributed by atoms with Crippen LogP contribution in [0.3, 0.4) is 0 Å². The van der Waals surface area contributed by atoms with Crippen molar-refractivity contribution in [1.82, 2.24) is 19.6 Å². The zero-order chi connectivity index (χ0) is 19.8. The number of nitrogens with two attached hydrogens (primary N) is 1. The van der Waals surface area contributed by atoms with Crippen LogP contribution in [-0.2, 0) is 17.5 Å². The molecule has 0 aliphatic rings. The smallest absolute Gasteiger partial charge is 0.364 e. The van der Waals surface area contributed by atoms with Gasteiger partial charge in [-0.25, -0.2) is 0 Å². The Morgan fingerprint density at radius 2 is 2.04 bits per heavy atom. The molecule has 0 unspecified atom stereocenters. The minimum atomic E-state index is -4.66. The number of carbonyl (C=O) groups excluding carboxylic acids is 2. The topological polar surface area (TPSA) is 108 Å². The molecule has 0 aliphatic carbocycles. The minimum absolute atomic E-state index is 0.00222. The summed E-state index contributed by atoms with van der Waals surface area (Å²) >= 11 is 2.85. The van der Waals surface area contributed by atoms with E-state index in [1.54, 1.807) is 6.92 Å². The molecule has 2 aromatic heterocycles.